The SMILES string of the molecule is O=C(O)CC(c1ccccc1)n1ncc2cc(OCCCc3ccc4c(n3)CCCN4)ccc21. The summed E-state index contributed by atoms with van der Waals surface area (Å²) < 4.78 is 7.79. The number of rotatable bonds is 9. The lowest BCUT2D eigenvalue weighted by atomic mass is 10.0. The van der Waals surface area contributed by atoms with E-state index in [1.54, 1.807) is 10.9 Å². The Morgan fingerprint density at radius 1 is 1.15 bits per heavy atom. The topological polar surface area (TPSA) is 89.3 Å². The van der Waals surface area contributed by atoms with Gasteiger partial charge in [-0.2, -0.15) is 5.10 Å². The highest BCUT2D eigenvalue weighted by Crippen LogP contribution is 2.28. The number of aliphatic carboxylic acids is 1. The minimum absolute atomic E-state index is 0.0359. The number of ether oxygens (including phenoxy) is 1. The number of benzene rings is 2. The predicted molar refractivity (Wildman–Crippen MR) is 131 cm³/mol. The molecule has 1 aliphatic heterocycles. The fraction of sp³-hybridized carbons (Fsp3) is 0.296. The standard InChI is InChI=1S/C27H28N4O3/c32-27(33)17-26(19-6-2-1-3-7-19)31-25-13-11-22(16-20(25)18-29-31)34-15-5-8-21-10-12-23-24(30-21)9-4-14-28-23/h1-3,6-7,10-13,16,18,26,28H,4-5,8-9,14-15,17H2,(H,32,33). The summed E-state index contributed by atoms with van der Waals surface area (Å²) in [5.41, 5.74) is 5.24. The molecule has 5 rings (SSSR count). The van der Waals surface area contributed by atoms with Gasteiger partial charge in [-0.15, -0.1) is 0 Å². The summed E-state index contributed by atoms with van der Waals surface area (Å²) in [5, 5.41) is 18.3. The molecule has 1 atom stereocenters. The molecule has 7 heteroatoms. The van der Waals surface area contributed by atoms with Crippen LogP contribution in [0.15, 0.2) is 66.9 Å². The number of nitrogens with zero attached hydrogens (tertiary/aromatic N) is 3. The molecule has 0 amide bonds. The Labute approximate surface area is 198 Å². The minimum Gasteiger partial charge on any atom is -0.494 e. The van der Waals surface area contributed by atoms with Crippen molar-refractivity contribution in [1.29, 1.82) is 0 Å². The van der Waals surface area contributed by atoms with Crippen LogP contribution in [-0.4, -0.2) is 39.0 Å². The lowest BCUT2D eigenvalue weighted by Crippen LogP contribution is -2.16. The second kappa shape index (κ2) is 9.95. The average molecular weight is 457 g/mol. The van der Waals surface area contributed by atoms with Crippen LogP contribution >= 0.6 is 0 Å². The first-order valence-electron chi connectivity index (χ1n) is 11.8. The van der Waals surface area contributed by atoms with Gasteiger partial charge < -0.3 is 15.2 Å². The molecule has 0 aliphatic carbocycles. The van der Waals surface area contributed by atoms with Crippen molar-refractivity contribution in [2.45, 2.75) is 38.1 Å². The van der Waals surface area contributed by atoms with Crippen LogP contribution in [0.4, 0.5) is 5.69 Å². The third-order valence-corrected chi connectivity index (χ3v) is 6.20. The molecule has 0 saturated heterocycles. The molecule has 0 bridgehead atoms. The molecule has 0 radical (unpaired) electrons. The number of aryl methyl sites for hydroxylation is 2. The predicted octanol–water partition coefficient (Wildman–Crippen LogP) is 4.87. The van der Waals surface area contributed by atoms with Crippen molar-refractivity contribution in [2.75, 3.05) is 18.5 Å². The third-order valence-electron chi connectivity index (χ3n) is 6.20. The zero-order valence-corrected chi connectivity index (χ0v) is 19.0. The number of pyridine rings is 1. The molecule has 1 aliphatic rings. The fourth-order valence-corrected chi connectivity index (χ4v) is 4.52. The number of fused-ring (bicyclic) bond motifs is 2. The summed E-state index contributed by atoms with van der Waals surface area (Å²) in [5.74, 6) is -0.0775. The van der Waals surface area contributed by atoms with E-state index in [1.807, 2.05) is 48.5 Å². The monoisotopic (exact) mass is 456 g/mol. The van der Waals surface area contributed by atoms with E-state index in [2.05, 4.69) is 22.5 Å². The highest BCUT2D eigenvalue weighted by Gasteiger charge is 2.20. The highest BCUT2D eigenvalue weighted by molar-refractivity contribution is 5.81. The van der Waals surface area contributed by atoms with Gasteiger partial charge in [0.05, 0.1) is 42.2 Å². The molecule has 2 aromatic heterocycles. The smallest absolute Gasteiger partial charge is 0.305 e. The van der Waals surface area contributed by atoms with Crippen molar-refractivity contribution in [2.24, 2.45) is 0 Å². The lowest BCUT2D eigenvalue weighted by Gasteiger charge is -2.17. The number of carbonyl (C=O) groups is 1. The van der Waals surface area contributed by atoms with Crippen LogP contribution in [-0.2, 0) is 17.6 Å². The number of nitrogens with one attached hydrogen (secondary N) is 1. The van der Waals surface area contributed by atoms with Gasteiger partial charge in [0.25, 0.3) is 0 Å². The molecular weight excluding hydrogens is 428 g/mol. The van der Waals surface area contributed by atoms with E-state index in [9.17, 15) is 9.90 Å². The molecule has 0 fully saturated rings. The Bertz CT molecular complexity index is 1290. The Morgan fingerprint density at radius 3 is 2.88 bits per heavy atom. The van der Waals surface area contributed by atoms with Gasteiger partial charge in [0, 0.05) is 17.6 Å². The van der Waals surface area contributed by atoms with Crippen LogP contribution in [0.5, 0.6) is 5.75 Å². The fourth-order valence-electron chi connectivity index (χ4n) is 4.52. The van der Waals surface area contributed by atoms with Crippen molar-refractivity contribution in [3.05, 3.63) is 83.8 Å². The summed E-state index contributed by atoms with van der Waals surface area (Å²) in [6.07, 6.45) is 5.66. The molecule has 7 nitrogen and oxygen atoms in total. The number of aromatic nitrogens is 3. The van der Waals surface area contributed by atoms with Crippen LogP contribution in [0, 0.1) is 0 Å². The van der Waals surface area contributed by atoms with Crippen LogP contribution in [0.2, 0.25) is 0 Å². The second-order valence-corrected chi connectivity index (χ2v) is 8.61. The van der Waals surface area contributed by atoms with Crippen LogP contribution in [0.25, 0.3) is 10.9 Å². The van der Waals surface area contributed by atoms with E-state index in [0.29, 0.717) is 6.61 Å². The molecule has 2 aromatic carbocycles. The largest absolute Gasteiger partial charge is 0.494 e. The summed E-state index contributed by atoms with van der Waals surface area (Å²) in [4.78, 5) is 16.3. The number of carboxylic acid groups (broad SMARTS) is 1. The van der Waals surface area contributed by atoms with Gasteiger partial charge in [-0.25, -0.2) is 0 Å². The van der Waals surface area contributed by atoms with Gasteiger partial charge in [-0.3, -0.25) is 14.5 Å². The van der Waals surface area contributed by atoms with Crippen molar-refractivity contribution >= 4 is 22.6 Å². The Kier molecular flexibility index (Phi) is 6.42. The minimum atomic E-state index is -0.859. The summed E-state index contributed by atoms with van der Waals surface area (Å²) in [6.45, 7) is 1.62. The van der Waals surface area contributed by atoms with Crippen molar-refractivity contribution in [1.82, 2.24) is 14.8 Å². The van der Waals surface area contributed by atoms with Crippen molar-refractivity contribution in [3.63, 3.8) is 0 Å². The Morgan fingerprint density at radius 2 is 2.03 bits per heavy atom. The lowest BCUT2D eigenvalue weighted by molar-refractivity contribution is -0.137. The van der Waals surface area contributed by atoms with E-state index < -0.39 is 5.97 Å². The zero-order chi connectivity index (χ0) is 23.3. The van der Waals surface area contributed by atoms with Crippen LogP contribution < -0.4 is 10.1 Å². The molecule has 34 heavy (non-hydrogen) atoms. The van der Waals surface area contributed by atoms with Gasteiger partial charge in [0.1, 0.15) is 5.75 Å². The van der Waals surface area contributed by atoms with Gasteiger partial charge in [-0.1, -0.05) is 30.3 Å². The van der Waals surface area contributed by atoms with E-state index in [0.717, 1.165) is 65.8 Å². The average Bonchev–Trinajstić information content (AvgIpc) is 3.28. The van der Waals surface area contributed by atoms with Crippen LogP contribution in [0.3, 0.4) is 0 Å². The summed E-state index contributed by atoms with van der Waals surface area (Å²) in [7, 11) is 0. The molecule has 0 saturated carbocycles. The maximum Gasteiger partial charge on any atom is 0.305 e. The molecule has 174 valence electrons. The van der Waals surface area contributed by atoms with E-state index in [4.69, 9.17) is 9.72 Å². The van der Waals surface area contributed by atoms with Crippen molar-refractivity contribution in [3.8, 4) is 5.75 Å². The van der Waals surface area contributed by atoms with Gasteiger partial charge in [0.2, 0.25) is 0 Å². The maximum atomic E-state index is 11.5. The second-order valence-electron chi connectivity index (χ2n) is 8.61. The molecule has 1 unspecified atom stereocenters. The number of anilines is 1. The number of hydrogen-bond donors (Lipinski definition) is 2. The van der Waals surface area contributed by atoms with Crippen LogP contribution in [0.1, 0.15) is 42.3 Å². The normalized spacial score (nSPS) is 13.8. The van der Waals surface area contributed by atoms with E-state index >= 15 is 0 Å². The summed E-state index contributed by atoms with van der Waals surface area (Å²) >= 11 is 0. The van der Waals surface area contributed by atoms with E-state index in [-0.39, 0.29) is 12.5 Å². The molecule has 0 spiro atoms. The molecular formula is C27H28N4O3. The quantitative estimate of drug-likeness (QED) is 0.350. The van der Waals surface area contributed by atoms with Crippen molar-refractivity contribution < 1.29 is 14.6 Å². The molecule has 4 aromatic rings. The first kappa shape index (κ1) is 21.9. The Balaban J connectivity index is 1.24. The van der Waals surface area contributed by atoms with Gasteiger partial charge in [-0.05, 0) is 61.6 Å². The molecule has 2 N–H and O–H groups in total. The summed E-state index contributed by atoms with van der Waals surface area (Å²) in [6, 6.07) is 19.3. The maximum absolute atomic E-state index is 11.5. The number of hydrogen-bond acceptors (Lipinski definition) is 5. The van der Waals surface area contributed by atoms with E-state index in [1.165, 1.54) is 5.69 Å². The zero-order valence-electron chi connectivity index (χ0n) is 19.0. The molecule has 3 heterocycles. The first-order valence-corrected chi connectivity index (χ1v) is 11.8. The third kappa shape index (κ3) is 4.88. The number of carboxylic acids is 1. The first-order chi connectivity index (χ1) is 16.7. The van der Waals surface area contributed by atoms with Gasteiger partial charge >= 0.3 is 5.97 Å². The van der Waals surface area contributed by atoms with Gasteiger partial charge in [0.15, 0.2) is 0 Å². The highest BCUT2D eigenvalue weighted by atomic mass is 16.5. The Hall–Kier alpha value is -3.87.